The summed E-state index contributed by atoms with van der Waals surface area (Å²) in [5.74, 6) is -0.783. The van der Waals surface area contributed by atoms with E-state index >= 15 is 0 Å². The van der Waals surface area contributed by atoms with Crippen LogP contribution in [-0.4, -0.2) is 110 Å². The number of aliphatic hydroxyl groups excluding tert-OH is 7. The van der Waals surface area contributed by atoms with Crippen LogP contribution in [0.1, 0.15) is 136 Å². The molecule has 0 saturated carbocycles. The molecule has 52 heavy (non-hydrogen) atoms. The number of ether oxygens (including phenoxy) is 2. The second kappa shape index (κ2) is 31.4. The molecule has 1 heterocycles. The minimum atomic E-state index is -1.68. The summed E-state index contributed by atoms with van der Waals surface area (Å²) in [6.45, 7) is 3.30. The van der Waals surface area contributed by atoms with Crippen LogP contribution in [-0.2, 0) is 14.3 Å². The minimum Gasteiger partial charge on any atom is -0.394 e. The van der Waals surface area contributed by atoms with E-state index in [0.717, 1.165) is 25.7 Å². The molecule has 9 unspecified atom stereocenters. The van der Waals surface area contributed by atoms with E-state index in [0.29, 0.717) is 19.3 Å². The summed E-state index contributed by atoms with van der Waals surface area (Å²) in [4.78, 5) is 12.9. The van der Waals surface area contributed by atoms with Crippen molar-refractivity contribution >= 4 is 5.91 Å². The molecule has 1 saturated heterocycles. The third kappa shape index (κ3) is 21.7. The fraction of sp³-hybridized carbons (Fsp3) is 0.780. The van der Waals surface area contributed by atoms with Gasteiger partial charge in [-0.25, -0.2) is 0 Å². The zero-order chi connectivity index (χ0) is 38.4. The number of carbonyl (C=O) groups is 1. The van der Waals surface area contributed by atoms with E-state index in [1.165, 1.54) is 64.2 Å². The molecule has 0 radical (unpaired) electrons. The van der Waals surface area contributed by atoms with E-state index in [9.17, 15) is 40.5 Å². The van der Waals surface area contributed by atoms with Gasteiger partial charge >= 0.3 is 0 Å². The topological polar surface area (TPSA) is 189 Å². The molecule has 0 spiro atoms. The Bertz CT molecular complexity index is 987. The zero-order valence-electron chi connectivity index (χ0n) is 32.0. The largest absolute Gasteiger partial charge is 0.394 e. The first kappa shape index (κ1) is 48.1. The number of aliphatic hydroxyl groups is 7. The van der Waals surface area contributed by atoms with Crippen LogP contribution in [0.2, 0.25) is 0 Å². The van der Waals surface area contributed by atoms with Gasteiger partial charge in [-0.15, -0.1) is 0 Å². The summed E-state index contributed by atoms with van der Waals surface area (Å²) in [6.07, 6.45) is 23.4. The molecular weight excluding hydrogens is 666 g/mol. The van der Waals surface area contributed by atoms with Gasteiger partial charge in [0.15, 0.2) is 6.29 Å². The van der Waals surface area contributed by atoms with Gasteiger partial charge in [-0.3, -0.25) is 4.79 Å². The van der Waals surface area contributed by atoms with E-state index in [-0.39, 0.29) is 12.8 Å². The SMILES string of the molecule is CCCCCC/C=C/CC/C=C/CCCC(O)C(O)C(COC1OC(CO)C(O)C(O)C1O)NC(=O)C(O)C/C=C\C/C=C\CCCCCCCC. The number of hydrogen-bond acceptors (Lipinski definition) is 10. The van der Waals surface area contributed by atoms with Crippen LogP contribution >= 0.6 is 0 Å². The zero-order valence-corrected chi connectivity index (χ0v) is 32.0. The fourth-order valence-electron chi connectivity index (χ4n) is 5.91. The monoisotopic (exact) mass is 740 g/mol. The molecule has 0 aromatic carbocycles. The standard InChI is InChI=1S/C41H73NO10/c1-3-5-7-9-11-13-15-17-19-20-22-24-26-28-33(44)36(46)32(31-51-41-39(49)38(48)37(47)35(30-43)52-41)42-40(50)34(45)29-27-25-23-21-18-16-14-12-10-8-6-4-2/h13,15,18,20-22,25,27,32-39,41,43-49H,3-12,14,16-17,19,23-24,26,28-31H2,1-2H3,(H,42,50)/b15-13+,21-18-,22-20+,27-25-. The van der Waals surface area contributed by atoms with E-state index in [2.05, 4.69) is 49.5 Å². The quantitative estimate of drug-likeness (QED) is 0.0353. The third-order valence-electron chi connectivity index (χ3n) is 9.34. The predicted octanol–water partition coefficient (Wildman–Crippen LogP) is 5.05. The lowest BCUT2D eigenvalue weighted by molar-refractivity contribution is -0.303. The van der Waals surface area contributed by atoms with Gasteiger partial charge in [0, 0.05) is 6.42 Å². The van der Waals surface area contributed by atoms with E-state index < -0.39 is 74.2 Å². The molecule has 8 N–H and O–H groups in total. The Balaban J connectivity index is 2.65. The lowest BCUT2D eigenvalue weighted by Crippen LogP contribution is -2.60. The smallest absolute Gasteiger partial charge is 0.249 e. The molecule has 1 amide bonds. The van der Waals surface area contributed by atoms with Crippen molar-refractivity contribution in [3.8, 4) is 0 Å². The number of unbranched alkanes of at least 4 members (excludes halogenated alkanes) is 12. The highest BCUT2D eigenvalue weighted by atomic mass is 16.7. The number of amides is 1. The maximum absolute atomic E-state index is 12.9. The Morgan fingerprint density at radius 2 is 1.23 bits per heavy atom. The molecule has 0 bridgehead atoms. The lowest BCUT2D eigenvalue weighted by atomic mass is 9.99. The molecule has 11 nitrogen and oxygen atoms in total. The number of nitrogens with one attached hydrogen (secondary N) is 1. The molecule has 0 aliphatic carbocycles. The first-order chi connectivity index (χ1) is 25.2. The van der Waals surface area contributed by atoms with Gasteiger partial charge in [0.05, 0.1) is 25.4 Å². The molecule has 1 aliphatic heterocycles. The highest BCUT2D eigenvalue weighted by Crippen LogP contribution is 2.23. The molecule has 11 heteroatoms. The Morgan fingerprint density at radius 3 is 1.87 bits per heavy atom. The van der Waals surface area contributed by atoms with Gasteiger partial charge < -0.3 is 50.5 Å². The van der Waals surface area contributed by atoms with Crippen molar-refractivity contribution in [3.05, 3.63) is 48.6 Å². The number of rotatable bonds is 31. The van der Waals surface area contributed by atoms with Gasteiger partial charge in [0.2, 0.25) is 5.91 Å². The second-order valence-electron chi connectivity index (χ2n) is 14.0. The van der Waals surface area contributed by atoms with Crippen LogP contribution in [0.15, 0.2) is 48.6 Å². The first-order valence-electron chi connectivity index (χ1n) is 20.0. The van der Waals surface area contributed by atoms with E-state index in [4.69, 9.17) is 9.47 Å². The molecule has 302 valence electrons. The summed E-state index contributed by atoms with van der Waals surface area (Å²) in [6, 6.07) is -1.22. The maximum Gasteiger partial charge on any atom is 0.249 e. The Morgan fingerprint density at radius 1 is 0.692 bits per heavy atom. The molecular formula is C41H73NO10. The molecule has 9 atom stereocenters. The summed E-state index contributed by atoms with van der Waals surface area (Å²) in [5, 5.41) is 75.1. The molecule has 1 fully saturated rings. The van der Waals surface area contributed by atoms with Crippen molar-refractivity contribution in [2.45, 2.75) is 191 Å². The van der Waals surface area contributed by atoms with Crippen LogP contribution < -0.4 is 5.32 Å². The Kier molecular flexibility index (Phi) is 29.1. The molecule has 0 aromatic heterocycles. The number of allylic oxidation sites excluding steroid dienone is 7. The fourth-order valence-corrected chi connectivity index (χ4v) is 5.91. The van der Waals surface area contributed by atoms with Crippen LogP contribution in [0.25, 0.3) is 0 Å². The van der Waals surface area contributed by atoms with Gasteiger partial charge in [0.1, 0.15) is 36.6 Å². The molecule has 1 aliphatic rings. The van der Waals surface area contributed by atoms with Gasteiger partial charge in [-0.05, 0) is 64.2 Å². The number of carbonyl (C=O) groups excluding carboxylic acids is 1. The highest BCUT2D eigenvalue weighted by molar-refractivity contribution is 5.81. The number of hydrogen-bond donors (Lipinski definition) is 8. The second-order valence-corrected chi connectivity index (χ2v) is 14.0. The molecule has 0 aromatic rings. The van der Waals surface area contributed by atoms with Gasteiger partial charge in [0.25, 0.3) is 0 Å². The summed E-state index contributed by atoms with van der Waals surface area (Å²) in [7, 11) is 0. The van der Waals surface area contributed by atoms with E-state index in [1.54, 1.807) is 6.08 Å². The van der Waals surface area contributed by atoms with Crippen LogP contribution in [0.5, 0.6) is 0 Å². The summed E-state index contributed by atoms with van der Waals surface area (Å²) < 4.78 is 11.0. The summed E-state index contributed by atoms with van der Waals surface area (Å²) in [5.41, 5.74) is 0. The first-order valence-corrected chi connectivity index (χ1v) is 20.0. The predicted molar refractivity (Wildman–Crippen MR) is 205 cm³/mol. The van der Waals surface area contributed by atoms with Crippen LogP contribution in [0.4, 0.5) is 0 Å². The minimum absolute atomic E-state index is 0.0388. The Labute approximate surface area is 313 Å². The van der Waals surface area contributed by atoms with Crippen molar-refractivity contribution in [3.63, 3.8) is 0 Å². The van der Waals surface area contributed by atoms with Crippen molar-refractivity contribution in [2.24, 2.45) is 0 Å². The summed E-state index contributed by atoms with van der Waals surface area (Å²) >= 11 is 0. The third-order valence-corrected chi connectivity index (χ3v) is 9.34. The van der Waals surface area contributed by atoms with Crippen LogP contribution in [0.3, 0.4) is 0 Å². The maximum atomic E-state index is 12.9. The lowest BCUT2D eigenvalue weighted by Gasteiger charge is -2.40. The van der Waals surface area contributed by atoms with Gasteiger partial charge in [-0.2, -0.15) is 0 Å². The Hall–Kier alpha value is -1.93. The average Bonchev–Trinajstić information content (AvgIpc) is 3.14. The highest BCUT2D eigenvalue weighted by Gasteiger charge is 2.44. The average molecular weight is 740 g/mol. The van der Waals surface area contributed by atoms with Crippen molar-refractivity contribution in [1.82, 2.24) is 5.32 Å². The van der Waals surface area contributed by atoms with Gasteiger partial charge in [-0.1, -0.05) is 114 Å². The molecule has 1 rings (SSSR count). The normalized spacial score (nSPS) is 23.6. The van der Waals surface area contributed by atoms with E-state index in [1.807, 2.05) is 12.2 Å². The van der Waals surface area contributed by atoms with Crippen LogP contribution in [0, 0.1) is 0 Å². The van der Waals surface area contributed by atoms with Crippen molar-refractivity contribution in [1.29, 1.82) is 0 Å². The van der Waals surface area contributed by atoms with Crippen molar-refractivity contribution in [2.75, 3.05) is 13.2 Å². The van der Waals surface area contributed by atoms with Crippen molar-refractivity contribution < 1.29 is 50.0 Å².